The Balaban J connectivity index is 2.58. The first-order chi connectivity index (χ1) is 9.97. The zero-order valence-electron chi connectivity index (χ0n) is 12.3. The molecule has 0 saturated heterocycles. The first kappa shape index (κ1) is 14.8. The number of methoxy groups -OCH3 is 2. The molecule has 1 heterocycles. The second-order valence-electron chi connectivity index (χ2n) is 4.61. The summed E-state index contributed by atoms with van der Waals surface area (Å²) in [5, 5.41) is 4.15. The molecule has 1 aromatic carbocycles. The van der Waals surface area contributed by atoms with Gasteiger partial charge in [-0.05, 0) is 25.5 Å². The van der Waals surface area contributed by atoms with Crippen molar-refractivity contribution in [1.29, 1.82) is 0 Å². The summed E-state index contributed by atoms with van der Waals surface area (Å²) >= 11 is 0. The van der Waals surface area contributed by atoms with Crippen LogP contribution in [0.25, 0.3) is 5.69 Å². The number of aryl methyl sites for hydroxylation is 2. The number of nitrogens with zero attached hydrogens (tertiary/aromatic N) is 2. The smallest absolute Gasteiger partial charge is 0.359 e. The molecule has 0 bridgehead atoms. The lowest BCUT2D eigenvalue weighted by molar-refractivity contribution is 0.0552. The number of carbonyl (C=O) groups excluding carboxylic acids is 2. The summed E-state index contributed by atoms with van der Waals surface area (Å²) in [5.74, 6) is -1.31. The molecule has 6 nitrogen and oxygen atoms in total. The van der Waals surface area contributed by atoms with Crippen LogP contribution in [0.3, 0.4) is 0 Å². The predicted octanol–water partition coefficient (Wildman–Crippen LogP) is 2.06. The summed E-state index contributed by atoms with van der Waals surface area (Å²) in [6.45, 7) is 3.92. The molecule has 2 rings (SSSR count). The second-order valence-corrected chi connectivity index (χ2v) is 4.61. The Labute approximate surface area is 122 Å². The second kappa shape index (κ2) is 5.78. The minimum atomic E-state index is -0.682. The zero-order chi connectivity index (χ0) is 15.6. The van der Waals surface area contributed by atoms with Crippen molar-refractivity contribution >= 4 is 11.9 Å². The van der Waals surface area contributed by atoms with E-state index in [9.17, 15) is 9.59 Å². The highest BCUT2D eigenvalue weighted by Crippen LogP contribution is 2.18. The fraction of sp³-hybridized carbons (Fsp3) is 0.267. The lowest BCUT2D eigenvalue weighted by Gasteiger charge is -2.06. The number of hydrogen-bond donors (Lipinski definition) is 0. The van der Waals surface area contributed by atoms with E-state index in [1.165, 1.54) is 25.1 Å². The standard InChI is InChI=1S/C15H16N2O4/c1-9-5-6-12(10(2)7-9)17-8-11(14(18)20-3)13(16-17)15(19)21-4/h5-8H,1-4H3. The summed E-state index contributed by atoms with van der Waals surface area (Å²) < 4.78 is 10.8. The van der Waals surface area contributed by atoms with Crippen LogP contribution in [-0.4, -0.2) is 35.9 Å². The van der Waals surface area contributed by atoms with Gasteiger partial charge < -0.3 is 9.47 Å². The molecule has 0 spiro atoms. The first-order valence-corrected chi connectivity index (χ1v) is 6.32. The Hall–Kier alpha value is -2.63. The van der Waals surface area contributed by atoms with E-state index in [1.807, 2.05) is 32.0 Å². The van der Waals surface area contributed by atoms with Crippen LogP contribution in [0.1, 0.15) is 32.0 Å². The SMILES string of the molecule is COC(=O)c1cn(-c2ccc(C)cc2C)nc1C(=O)OC. The molecule has 0 radical (unpaired) electrons. The Bertz CT molecular complexity index is 670. The predicted molar refractivity (Wildman–Crippen MR) is 75.7 cm³/mol. The first-order valence-electron chi connectivity index (χ1n) is 6.32. The average Bonchev–Trinajstić information content (AvgIpc) is 2.90. The van der Waals surface area contributed by atoms with Crippen LogP contribution < -0.4 is 0 Å². The maximum absolute atomic E-state index is 11.8. The molecule has 1 aromatic heterocycles. The van der Waals surface area contributed by atoms with E-state index < -0.39 is 11.9 Å². The van der Waals surface area contributed by atoms with Gasteiger partial charge in [-0.1, -0.05) is 17.7 Å². The van der Waals surface area contributed by atoms with Crippen LogP contribution in [0, 0.1) is 13.8 Å². The number of hydrogen-bond acceptors (Lipinski definition) is 5. The lowest BCUT2D eigenvalue weighted by atomic mass is 10.1. The molecule has 0 aliphatic carbocycles. The van der Waals surface area contributed by atoms with Gasteiger partial charge in [0.15, 0.2) is 5.69 Å². The summed E-state index contributed by atoms with van der Waals surface area (Å²) in [6.07, 6.45) is 1.47. The third kappa shape index (κ3) is 2.79. The van der Waals surface area contributed by atoms with Crippen LogP contribution in [-0.2, 0) is 9.47 Å². The van der Waals surface area contributed by atoms with Crippen LogP contribution in [0.15, 0.2) is 24.4 Å². The van der Waals surface area contributed by atoms with E-state index >= 15 is 0 Å². The summed E-state index contributed by atoms with van der Waals surface area (Å²) in [7, 11) is 2.48. The van der Waals surface area contributed by atoms with Gasteiger partial charge in [0.2, 0.25) is 0 Å². The van der Waals surface area contributed by atoms with Crippen LogP contribution in [0.5, 0.6) is 0 Å². The van der Waals surface area contributed by atoms with Gasteiger partial charge in [0, 0.05) is 6.20 Å². The van der Waals surface area contributed by atoms with E-state index in [-0.39, 0.29) is 11.3 Å². The number of rotatable bonds is 3. The Morgan fingerprint density at radius 2 is 1.76 bits per heavy atom. The third-order valence-corrected chi connectivity index (χ3v) is 3.10. The van der Waals surface area contributed by atoms with Crippen molar-refractivity contribution in [1.82, 2.24) is 9.78 Å². The maximum Gasteiger partial charge on any atom is 0.359 e. The number of benzene rings is 1. The Morgan fingerprint density at radius 1 is 1.10 bits per heavy atom. The molecule has 6 heteroatoms. The van der Waals surface area contributed by atoms with E-state index in [0.29, 0.717) is 0 Å². The van der Waals surface area contributed by atoms with Crippen molar-refractivity contribution in [3.05, 3.63) is 46.8 Å². The quantitative estimate of drug-likeness (QED) is 0.808. The Kier molecular flexibility index (Phi) is 4.07. The number of ether oxygens (including phenoxy) is 2. The molecular formula is C15H16N2O4. The Morgan fingerprint density at radius 3 is 2.33 bits per heavy atom. The van der Waals surface area contributed by atoms with Crippen LogP contribution in [0.2, 0.25) is 0 Å². The lowest BCUT2D eigenvalue weighted by Crippen LogP contribution is -2.10. The maximum atomic E-state index is 11.8. The van der Waals surface area contributed by atoms with Gasteiger partial charge in [0.05, 0.1) is 19.9 Å². The van der Waals surface area contributed by atoms with Gasteiger partial charge in [-0.25, -0.2) is 14.3 Å². The fourth-order valence-corrected chi connectivity index (χ4v) is 2.07. The summed E-state index contributed by atoms with van der Waals surface area (Å²) in [6, 6.07) is 5.80. The van der Waals surface area contributed by atoms with Crippen LogP contribution in [0.4, 0.5) is 0 Å². The van der Waals surface area contributed by atoms with Gasteiger partial charge in [0.25, 0.3) is 0 Å². The van der Waals surface area contributed by atoms with Crippen molar-refractivity contribution in [3.8, 4) is 5.69 Å². The normalized spacial score (nSPS) is 10.3. The average molecular weight is 288 g/mol. The van der Waals surface area contributed by atoms with E-state index in [1.54, 1.807) is 0 Å². The highest BCUT2D eigenvalue weighted by molar-refractivity contribution is 6.01. The molecule has 0 N–H and O–H groups in total. The molecule has 0 atom stereocenters. The minimum Gasteiger partial charge on any atom is -0.465 e. The van der Waals surface area contributed by atoms with Crippen molar-refractivity contribution in [2.45, 2.75) is 13.8 Å². The van der Waals surface area contributed by atoms with E-state index in [4.69, 9.17) is 0 Å². The van der Waals surface area contributed by atoms with Gasteiger partial charge in [0.1, 0.15) is 5.56 Å². The monoisotopic (exact) mass is 288 g/mol. The van der Waals surface area contributed by atoms with Crippen molar-refractivity contribution in [2.24, 2.45) is 0 Å². The number of carbonyl (C=O) groups is 2. The fourth-order valence-electron chi connectivity index (χ4n) is 2.07. The molecule has 0 saturated carbocycles. The van der Waals surface area contributed by atoms with Gasteiger partial charge in [-0.3, -0.25) is 0 Å². The molecular weight excluding hydrogens is 272 g/mol. The van der Waals surface area contributed by atoms with Gasteiger partial charge >= 0.3 is 11.9 Å². The molecule has 0 aliphatic rings. The molecule has 0 fully saturated rings. The van der Waals surface area contributed by atoms with Gasteiger partial charge in [-0.15, -0.1) is 0 Å². The molecule has 2 aromatic rings. The largest absolute Gasteiger partial charge is 0.465 e. The van der Waals surface area contributed by atoms with Crippen LogP contribution >= 0.6 is 0 Å². The minimum absolute atomic E-state index is 0.0654. The molecule has 0 amide bonds. The van der Waals surface area contributed by atoms with Gasteiger partial charge in [-0.2, -0.15) is 5.10 Å². The summed E-state index contributed by atoms with van der Waals surface area (Å²) in [4.78, 5) is 23.5. The number of aromatic nitrogens is 2. The van der Waals surface area contributed by atoms with E-state index in [0.717, 1.165) is 16.8 Å². The molecule has 0 aliphatic heterocycles. The molecule has 110 valence electrons. The highest BCUT2D eigenvalue weighted by Gasteiger charge is 2.24. The molecule has 21 heavy (non-hydrogen) atoms. The zero-order valence-corrected chi connectivity index (χ0v) is 12.3. The topological polar surface area (TPSA) is 70.4 Å². The summed E-state index contributed by atoms with van der Waals surface area (Å²) in [5.41, 5.74) is 2.88. The van der Waals surface area contributed by atoms with Crippen molar-refractivity contribution in [2.75, 3.05) is 14.2 Å². The van der Waals surface area contributed by atoms with Crippen molar-refractivity contribution < 1.29 is 19.1 Å². The number of esters is 2. The molecule has 0 unspecified atom stereocenters. The third-order valence-electron chi connectivity index (χ3n) is 3.10. The highest BCUT2D eigenvalue weighted by atomic mass is 16.5. The van der Waals surface area contributed by atoms with E-state index in [2.05, 4.69) is 14.6 Å². The van der Waals surface area contributed by atoms with Crippen molar-refractivity contribution in [3.63, 3.8) is 0 Å².